The maximum absolute atomic E-state index is 13.1. The molecular formula is C13H13FN2O3S. The lowest BCUT2D eigenvalue weighted by atomic mass is 10.2. The molecule has 1 heterocycles. The Bertz CT molecular complexity index is 690. The first-order chi connectivity index (χ1) is 9.46. The van der Waals surface area contributed by atoms with Gasteiger partial charge in [-0.15, -0.1) is 0 Å². The topological polar surface area (TPSA) is 79.3 Å². The number of nitrogens with zero attached hydrogens (tertiary/aromatic N) is 1. The van der Waals surface area contributed by atoms with Crippen molar-refractivity contribution in [3.63, 3.8) is 0 Å². The summed E-state index contributed by atoms with van der Waals surface area (Å²) < 4.78 is 39.1. The van der Waals surface area contributed by atoms with Crippen molar-refractivity contribution in [2.24, 2.45) is 0 Å². The SMILES string of the molecule is O=S(=O)(CCc1ccncc1)Nc1ccc(O)c(F)c1. The van der Waals surface area contributed by atoms with Gasteiger partial charge in [-0.1, -0.05) is 0 Å². The molecule has 0 aliphatic carbocycles. The van der Waals surface area contributed by atoms with Gasteiger partial charge in [-0.2, -0.15) is 0 Å². The van der Waals surface area contributed by atoms with E-state index in [1.807, 2.05) is 0 Å². The van der Waals surface area contributed by atoms with Crippen molar-refractivity contribution in [3.8, 4) is 5.75 Å². The molecule has 7 heteroatoms. The summed E-state index contributed by atoms with van der Waals surface area (Å²) in [5, 5.41) is 9.04. The molecule has 2 aromatic rings. The molecule has 0 aliphatic heterocycles. The molecule has 0 saturated carbocycles. The fourth-order valence-corrected chi connectivity index (χ4v) is 2.70. The van der Waals surface area contributed by atoms with Gasteiger partial charge in [0.05, 0.1) is 11.4 Å². The maximum Gasteiger partial charge on any atom is 0.233 e. The summed E-state index contributed by atoms with van der Waals surface area (Å²) in [6.45, 7) is 0. The minimum absolute atomic E-state index is 0.0787. The Kier molecular flexibility index (Phi) is 4.19. The van der Waals surface area contributed by atoms with Crippen LogP contribution in [0.1, 0.15) is 5.56 Å². The minimum Gasteiger partial charge on any atom is -0.505 e. The number of aromatic nitrogens is 1. The van der Waals surface area contributed by atoms with Gasteiger partial charge in [-0.05, 0) is 36.2 Å². The lowest BCUT2D eigenvalue weighted by Gasteiger charge is -2.08. The molecule has 2 rings (SSSR count). The van der Waals surface area contributed by atoms with Crippen LogP contribution >= 0.6 is 0 Å². The Morgan fingerprint density at radius 1 is 1.20 bits per heavy atom. The van der Waals surface area contributed by atoms with Crippen molar-refractivity contribution in [1.29, 1.82) is 0 Å². The third-order valence-electron chi connectivity index (χ3n) is 2.63. The lowest BCUT2D eigenvalue weighted by molar-refractivity contribution is 0.432. The maximum atomic E-state index is 13.1. The van der Waals surface area contributed by atoms with E-state index in [0.29, 0.717) is 6.42 Å². The average Bonchev–Trinajstić information content (AvgIpc) is 2.42. The molecule has 1 aromatic heterocycles. The van der Waals surface area contributed by atoms with Crippen LogP contribution in [0.15, 0.2) is 42.7 Å². The zero-order valence-electron chi connectivity index (χ0n) is 10.5. The molecule has 0 bridgehead atoms. The summed E-state index contributed by atoms with van der Waals surface area (Å²) in [5.41, 5.74) is 0.928. The molecule has 0 atom stereocenters. The smallest absolute Gasteiger partial charge is 0.233 e. The van der Waals surface area contributed by atoms with Gasteiger partial charge in [-0.3, -0.25) is 9.71 Å². The van der Waals surface area contributed by atoms with E-state index >= 15 is 0 Å². The number of hydrogen-bond acceptors (Lipinski definition) is 4. The largest absolute Gasteiger partial charge is 0.505 e. The van der Waals surface area contributed by atoms with Gasteiger partial charge >= 0.3 is 0 Å². The van der Waals surface area contributed by atoms with Gasteiger partial charge in [0.2, 0.25) is 10.0 Å². The molecule has 2 N–H and O–H groups in total. The molecule has 0 unspecified atom stereocenters. The number of nitrogens with one attached hydrogen (secondary N) is 1. The summed E-state index contributed by atoms with van der Waals surface area (Å²) in [5.74, 6) is -1.52. The van der Waals surface area contributed by atoms with Crippen molar-refractivity contribution in [2.75, 3.05) is 10.5 Å². The number of hydrogen-bond donors (Lipinski definition) is 2. The van der Waals surface area contributed by atoms with Crippen LogP contribution in [0, 0.1) is 5.82 Å². The summed E-state index contributed by atoms with van der Waals surface area (Å²) in [4.78, 5) is 3.85. The second-order valence-corrected chi connectivity index (χ2v) is 6.03. The summed E-state index contributed by atoms with van der Waals surface area (Å²) >= 11 is 0. The van der Waals surface area contributed by atoms with E-state index in [4.69, 9.17) is 5.11 Å². The first kappa shape index (κ1) is 14.3. The van der Waals surface area contributed by atoms with Crippen LogP contribution in [0.2, 0.25) is 0 Å². The van der Waals surface area contributed by atoms with Gasteiger partial charge in [-0.25, -0.2) is 12.8 Å². The van der Waals surface area contributed by atoms with Crippen molar-refractivity contribution < 1.29 is 17.9 Å². The highest BCUT2D eigenvalue weighted by Crippen LogP contribution is 2.20. The highest BCUT2D eigenvalue weighted by atomic mass is 32.2. The second-order valence-electron chi connectivity index (χ2n) is 4.19. The normalized spacial score (nSPS) is 11.2. The van der Waals surface area contributed by atoms with Crippen LogP contribution in [-0.4, -0.2) is 24.3 Å². The van der Waals surface area contributed by atoms with Crippen molar-refractivity contribution in [3.05, 3.63) is 54.1 Å². The standard InChI is InChI=1S/C13H13FN2O3S/c14-12-9-11(1-2-13(12)17)16-20(18,19)8-5-10-3-6-15-7-4-10/h1-4,6-7,9,16-17H,5,8H2. The zero-order valence-corrected chi connectivity index (χ0v) is 11.3. The Morgan fingerprint density at radius 2 is 1.90 bits per heavy atom. The van der Waals surface area contributed by atoms with Gasteiger partial charge in [0.25, 0.3) is 0 Å². The van der Waals surface area contributed by atoms with E-state index in [-0.39, 0.29) is 11.4 Å². The van der Waals surface area contributed by atoms with Gasteiger partial charge in [0, 0.05) is 18.5 Å². The molecule has 0 aliphatic rings. The second kappa shape index (κ2) is 5.87. The van der Waals surface area contributed by atoms with Crippen LogP contribution in [0.3, 0.4) is 0 Å². The molecular weight excluding hydrogens is 283 g/mol. The fraction of sp³-hybridized carbons (Fsp3) is 0.154. The van der Waals surface area contributed by atoms with Crippen LogP contribution in [0.5, 0.6) is 5.75 Å². The number of anilines is 1. The zero-order chi connectivity index (χ0) is 14.6. The number of phenolic OH excluding ortho intramolecular Hbond substituents is 1. The predicted octanol–water partition coefficient (Wildman–Crippen LogP) is 1.91. The number of rotatable bonds is 5. The molecule has 0 fully saturated rings. The van der Waals surface area contributed by atoms with E-state index in [9.17, 15) is 12.8 Å². The third-order valence-corrected chi connectivity index (χ3v) is 3.92. The van der Waals surface area contributed by atoms with E-state index in [0.717, 1.165) is 17.7 Å². The van der Waals surface area contributed by atoms with Gasteiger partial charge in [0.15, 0.2) is 11.6 Å². The van der Waals surface area contributed by atoms with Crippen molar-refractivity contribution >= 4 is 15.7 Å². The summed E-state index contributed by atoms with van der Waals surface area (Å²) in [7, 11) is -3.58. The molecule has 5 nitrogen and oxygen atoms in total. The van der Waals surface area contributed by atoms with E-state index < -0.39 is 21.6 Å². The van der Waals surface area contributed by atoms with E-state index in [2.05, 4.69) is 9.71 Å². The van der Waals surface area contributed by atoms with Crippen LogP contribution in [0.25, 0.3) is 0 Å². The number of aromatic hydroxyl groups is 1. The Hall–Kier alpha value is -2.15. The quantitative estimate of drug-likeness (QED) is 0.826. The summed E-state index contributed by atoms with van der Waals surface area (Å²) in [6, 6.07) is 6.78. The van der Waals surface area contributed by atoms with Gasteiger partial charge < -0.3 is 5.11 Å². The van der Waals surface area contributed by atoms with Gasteiger partial charge in [0.1, 0.15) is 0 Å². The molecule has 0 radical (unpaired) electrons. The fourth-order valence-electron chi connectivity index (χ4n) is 1.60. The predicted molar refractivity (Wildman–Crippen MR) is 73.4 cm³/mol. The Balaban J connectivity index is 2.02. The first-order valence-corrected chi connectivity index (χ1v) is 7.49. The number of sulfonamides is 1. The number of phenols is 1. The van der Waals surface area contributed by atoms with Crippen molar-refractivity contribution in [1.82, 2.24) is 4.98 Å². The van der Waals surface area contributed by atoms with Crippen LogP contribution in [-0.2, 0) is 16.4 Å². The molecule has 0 amide bonds. The van der Waals surface area contributed by atoms with Crippen LogP contribution in [0.4, 0.5) is 10.1 Å². The Morgan fingerprint density at radius 3 is 2.55 bits per heavy atom. The Labute approximate surface area is 116 Å². The minimum atomic E-state index is -3.58. The lowest BCUT2D eigenvalue weighted by Crippen LogP contribution is -2.18. The number of halogens is 1. The monoisotopic (exact) mass is 296 g/mol. The molecule has 20 heavy (non-hydrogen) atoms. The van der Waals surface area contributed by atoms with Crippen molar-refractivity contribution in [2.45, 2.75) is 6.42 Å². The molecule has 106 valence electrons. The molecule has 0 spiro atoms. The average molecular weight is 296 g/mol. The van der Waals surface area contributed by atoms with E-state index in [1.165, 1.54) is 6.07 Å². The molecule has 0 saturated heterocycles. The highest BCUT2D eigenvalue weighted by molar-refractivity contribution is 7.92. The molecule has 1 aromatic carbocycles. The highest BCUT2D eigenvalue weighted by Gasteiger charge is 2.12. The first-order valence-electron chi connectivity index (χ1n) is 5.84. The number of pyridine rings is 1. The number of aryl methyl sites for hydroxylation is 1. The van der Waals surface area contributed by atoms with E-state index in [1.54, 1.807) is 24.5 Å². The summed E-state index contributed by atoms with van der Waals surface area (Å²) in [6.07, 6.45) is 3.51. The van der Waals surface area contributed by atoms with Crippen LogP contribution < -0.4 is 4.72 Å². The number of benzene rings is 1. The third kappa shape index (κ3) is 3.92.